The van der Waals surface area contributed by atoms with Crippen LogP contribution < -0.4 is 5.32 Å². The lowest BCUT2D eigenvalue weighted by Crippen LogP contribution is -2.44. The number of amides is 2. The van der Waals surface area contributed by atoms with Crippen LogP contribution in [-0.4, -0.2) is 44.0 Å². The zero-order chi connectivity index (χ0) is 19.6. The highest BCUT2D eigenvalue weighted by Gasteiger charge is 2.35. The molecule has 0 radical (unpaired) electrons. The molecule has 0 saturated carbocycles. The largest absolute Gasteiger partial charge is 0.329 e. The lowest BCUT2D eigenvalue weighted by molar-refractivity contribution is -0.386. The van der Waals surface area contributed by atoms with Crippen molar-refractivity contribution in [3.63, 3.8) is 0 Å². The zero-order valence-corrected chi connectivity index (χ0v) is 15.2. The number of nitrogens with zero attached hydrogens (tertiary/aromatic N) is 4. The number of aromatic nitrogens is 2. The summed E-state index contributed by atoms with van der Waals surface area (Å²) in [4.78, 5) is 37.5. The molecule has 2 amide bonds. The smallest absolute Gasteiger partial charge is 0.312 e. The quantitative estimate of drug-likeness (QED) is 0.639. The first-order valence-electron chi connectivity index (χ1n) is 8.72. The van der Waals surface area contributed by atoms with Gasteiger partial charge in [-0.2, -0.15) is 5.10 Å². The summed E-state index contributed by atoms with van der Waals surface area (Å²) in [5.74, 6) is -0.507. The van der Waals surface area contributed by atoms with Crippen LogP contribution in [0.2, 0.25) is 0 Å². The average Bonchev–Trinajstić information content (AvgIpc) is 3.21. The van der Waals surface area contributed by atoms with Crippen LogP contribution in [0.3, 0.4) is 0 Å². The molecule has 3 rings (SSSR count). The summed E-state index contributed by atoms with van der Waals surface area (Å²) in [7, 11) is 0. The van der Waals surface area contributed by atoms with Crippen molar-refractivity contribution in [1.29, 1.82) is 0 Å². The first-order valence-corrected chi connectivity index (χ1v) is 8.72. The molecule has 1 saturated heterocycles. The molecule has 1 atom stereocenters. The number of carbonyl (C=O) groups excluding carboxylic acids is 2. The summed E-state index contributed by atoms with van der Waals surface area (Å²) < 4.78 is 1.33. The minimum Gasteiger partial charge on any atom is -0.329 e. The predicted octanol–water partition coefficient (Wildman–Crippen LogP) is 2.04. The predicted molar refractivity (Wildman–Crippen MR) is 98.2 cm³/mol. The summed E-state index contributed by atoms with van der Waals surface area (Å²) in [5.41, 5.74) is 1.19. The number of hydrogen-bond donors (Lipinski definition) is 1. The molecule has 1 unspecified atom stereocenters. The molecule has 1 aromatic heterocycles. The van der Waals surface area contributed by atoms with Gasteiger partial charge in [0, 0.05) is 12.2 Å². The molecular weight excluding hydrogens is 350 g/mol. The first-order chi connectivity index (χ1) is 12.9. The standard InChI is InChI=1S/C18H21N5O4/c1-12-17(23(26)27)13(2)22(20-12)11-16(24)21-10-6-9-15(21)18(25)19-14-7-4-3-5-8-14/h3-5,7-8,15H,6,9-11H2,1-2H3,(H,19,25). The summed E-state index contributed by atoms with van der Waals surface area (Å²) in [6, 6.07) is 8.52. The van der Waals surface area contributed by atoms with Crippen molar-refractivity contribution >= 4 is 23.2 Å². The topological polar surface area (TPSA) is 110 Å². The lowest BCUT2D eigenvalue weighted by Gasteiger charge is -2.24. The van der Waals surface area contributed by atoms with Crippen LogP contribution in [0.15, 0.2) is 30.3 Å². The summed E-state index contributed by atoms with van der Waals surface area (Å²) >= 11 is 0. The van der Waals surface area contributed by atoms with E-state index in [0.29, 0.717) is 24.3 Å². The van der Waals surface area contributed by atoms with E-state index < -0.39 is 11.0 Å². The Hall–Kier alpha value is -3.23. The molecule has 0 aliphatic carbocycles. The van der Waals surface area contributed by atoms with E-state index >= 15 is 0 Å². The van der Waals surface area contributed by atoms with Gasteiger partial charge < -0.3 is 10.2 Å². The highest BCUT2D eigenvalue weighted by Crippen LogP contribution is 2.23. The number of aryl methyl sites for hydroxylation is 1. The zero-order valence-electron chi connectivity index (χ0n) is 15.2. The Bertz CT molecular complexity index is 877. The molecule has 9 heteroatoms. The van der Waals surface area contributed by atoms with Gasteiger partial charge in [0.15, 0.2) is 0 Å². The van der Waals surface area contributed by atoms with E-state index in [1.807, 2.05) is 18.2 Å². The van der Waals surface area contributed by atoms with Crippen molar-refractivity contribution < 1.29 is 14.5 Å². The van der Waals surface area contributed by atoms with Crippen LogP contribution in [0.5, 0.6) is 0 Å². The Morgan fingerprint density at radius 2 is 2.00 bits per heavy atom. The van der Waals surface area contributed by atoms with Gasteiger partial charge in [-0.25, -0.2) is 0 Å². The number of nitrogens with one attached hydrogen (secondary N) is 1. The lowest BCUT2D eigenvalue weighted by atomic mass is 10.2. The van der Waals surface area contributed by atoms with E-state index in [1.165, 1.54) is 16.5 Å². The third-order valence-corrected chi connectivity index (χ3v) is 4.73. The Labute approximate surface area is 156 Å². The molecule has 0 bridgehead atoms. The van der Waals surface area contributed by atoms with E-state index in [9.17, 15) is 19.7 Å². The van der Waals surface area contributed by atoms with E-state index in [2.05, 4.69) is 10.4 Å². The second-order valence-electron chi connectivity index (χ2n) is 6.53. The highest BCUT2D eigenvalue weighted by molar-refractivity contribution is 5.97. The number of anilines is 1. The van der Waals surface area contributed by atoms with Gasteiger partial charge in [0.25, 0.3) is 0 Å². The molecule has 0 spiro atoms. The molecule has 1 fully saturated rings. The SMILES string of the molecule is Cc1nn(CC(=O)N2CCCC2C(=O)Nc2ccccc2)c(C)c1[N+](=O)[O-]. The molecule has 1 aromatic carbocycles. The number of hydrogen-bond acceptors (Lipinski definition) is 5. The molecule has 1 N–H and O–H groups in total. The van der Waals surface area contributed by atoms with Crippen LogP contribution in [-0.2, 0) is 16.1 Å². The van der Waals surface area contributed by atoms with Gasteiger partial charge in [0.05, 0.1) is 4.92 Å². The third-order valence-electron chi connectivity index (χ3n) is 4.73. The number of likely N-dealkylation sites (tertiary alicyclic amines) is 1. The van der Waals surface area contributed by atoms with Crippen molar-refractivity contribution in [2.45, 2.75) is 39.3 Å². The summed E-state index contributed by atoms with van der Waals surface area (Å²) in [6.45, 7) is 3.45. The van der Waals surface area contributed by atoms with Crippen LogP contribution in [0.25, 0.3) is 0 Å². The maximum atomic E-state index is 12.7. The van der Waals surface area contributed by atoms with E-state index in [4.69, 9.17) is 0 Å². The van der Waals surface area contributed by atoms with E-state index in [0.717, 1.165) is 6.42 Å². The molecule has 2 aromatic rings. The Kier molecular flexibility index (Phi) is 5.20. The maximum Gasteiger partial charge on any atom is 0.312 e. The van der Waals surface area contributed by atoms with Gasteiger partial charge in [-0.15, -0.1) is 0 Å². The Balaban J connectivity index is 1.71. The van der Waals surface area contributed by atoms with Crippen LogP contribution in [0.4, 0.5) is 11.4 Å². The molecule has 1 aliphatic rings. The van der Waals surface area contributed by atoms with Crippen molar-refractivity contribution in [1.82, 2.24) is 14.7 Å². The van der Waals surface area contributed by atoms with Gasteiger partial charge in [-0.05, 0) is 38.8 Å². The van der Waals surface area contributed by atoms with Crippen LogP contribution >= 0.6 is 0 Å². The number of para-hydroxylation sites is 1. The van der Waals surface area contributed by atoms with Gasteiger partial charge in [0.1, 0.15) is 24.0 Å². The fourth-order valence-corrected chi connectivity index (χ4v) is 3.41. The van der Waals surface area contributed by atoms with Gasteiger partial charge in [-0.3, -0.25) is 24.4 Å². The van der Waals surface area contributed by atoms with Gasteiger partial charge in [0.2, 0.25) is 11.8 Å². The van der Waals surface area contributed by atoms with Crippen molar-refractivity contribution in [3.05, 3.63) is 51.8 Å². The molecule has 142 valence electrons. The van der Waals surface area contributed by atoms with E-state index in [-0.39, 0.29) is 29.7 Å². The first kappa shape index (κ1) is 18.6. The number of benzene rings is 1. The van der Waals surface area contributed by atoms with Gasteiger partial charge >= 0.3 is 5.69 Å². The Morgan fingerprint density at radius 1 is 1.30 bits per heavy atom. The van der Waals surface area contributed by atoms with Crippen molar-refractivity contribution in [2.75, 3.05) is 11.9 Å². The summed E-state index contributed by atoms with van der Waals surface area (Å²) in [6.07, 6.45) is 1.32. The van der Waals surface area contributed by atoms with Gasteiger partial charge in [-0.1, -0.05) is 18.2 Å². The third kappa shape index (κ3) is 3.81. The molecule has 1 aliphatic heterocycles. The molecular formula is C18H21N5O4. The van der Waals surface area contributed by atoms with E-state index in [1.54, 1.807) is 19.1 Å². The monoisotopic (exact) mass is 371 g/mol. The summed E-state index contributed by atoms with van der Waals surface area (Å²) in [5, 5.41) is 18.1. The second kappa shape index (κ2) is 7.56. The number of carbonyl (C=O) groups is 2. The van der Waals surface area contributed by atoms with Crippen molar-refractivity contribution in [3.8, 4) is 0 Å². The molecule has 2 heterocycles. The minimum absolute atomic E-state index is 0.0809. The number of nitro groups is 1. The fourth-order valence-electron chi connectivity index (χ4n) is 3.41. The maximum absolute atomic E-state index is 12.7. The number of rotatable bonds is 5. The highest BCUT2D eigenvalue weighted by atomic mass is 16.6. The average molecular weight is 371 g/mol. The van der Waals surface area contributed by atoms with Crippen molar-refractivity contribution in [2.24, 2.45) is 0 Å². The minimum atomic E-state index is -0.551. The second-order valence-corrected chi connectivity index (χ2v) is 6.53. The fraction of sp³-hybridized carbons (Fsp3) is 0.389. The normalized spacial score (nSPS) is 16.4. The van der Waals surface area contributed by atoms with Crippen LogP contribution in [0.1, 0.15) is 24.2 Å². The Morgan fingerprint density at radius 3 is 2.63 bits per heavy atom. The molecule has 9 nitrogen and oxygen atoms in total. The van der Waals surface area contributed by atoms with Crippen LogP contribution in [0, 0.1) is 24.0 Å². The molecule has 27 heavy (non-hydrogen) atoms.